The van der Waals surface area contributed by atoms with Crippen molar-refractivity contribution < 1.29 is 9.13 Å². The third-order valence-corrected chi connectivity index (χ3v) is 5.84. The molecule has 0 bridgehead atoms. The molecule has 5 heterocycles. The lowest BCUT2D eigenvalue weighted by atomic mass is 9.85. The lowest BCUT2D eigenvalue weighted by Crippen LogP contribution is -2.41. The predicted molar refractivity (Wildman–Crippen MR) is 101 cm³/mol. The second-order valence-corrected chi connectivity index (χ2v) is 7.75. The van der Waals surface area contributed by atoms with E-state index in [-0.39, 0.29) is 11.4 Å². The van der Waals surface area contributed by atoms with Crippen LogP contribution in [0.2, 0.25) is 0 Å². The summed E-state index contributed by atoms with van der Waals surface area (Å²) in [7, 11) is 0. The Balaban J connectivity index is 1.37. The van der Waals surface area contributed by atoms with Gasteiger partial charge in [-0.1, -0.05) is 6.07 Å². The summed E-state index contributed by atoms with van der Waals surface area (Å²) in [5, 5.41) is 3.41. The Morgan fingerprint density at radius 1 is 1.22 bits per heavy atom. The van der Waals surface area contributed by atoms with E-state index in [1.165, 1.54) is 12.3 Å². The van der Waals surface area contributed by atoms with Crippen LogP contribution < -0.4 is 5.32 Å². The molecule has 2 saturated heterocycles. The first-order chi connectivity index (χ1) is 13.2. The molecule has 2 fully saturated rings. The Bertz CT molecular complexity index is 964. The summed E-state index contributed by atoms with van der Waals surface area (Å²) in [5.74, 6) is 0.221. The SMILES string of the molecule is Fc1ccc2ncc(-c3cccc(C[C@@H]4COC5(CCNCC5)C4)n3)n2c1. The van der Waals surface area contributed by atoms with Crippen molar-refractivity contribution in [3.63, 3.8) is 0 Å². The molecule has 1 spiro atoms. The number of imidazole rings is 1. The highest BCUT2D eigenvalue weighted by Crippen LogP contribution is 2.38. The van der Waals surface area contributed by atoms with E-state index in [1.54, 1.807) is 16.7 Å². The van der Waals surface area contributed by atoms with Gasteiger partial charge in [0.25, 0.3) is 0 Å². The van der Waals surface area contributed by atoms with Crippen LogP contribution in [0.5, 0.6) is 0 Å². The molecule has 0 aliphatic carbocycles. The lowest BCUT2D eigenvalue weighted by molar-refractivity contribution is -0.0196. The van der Waals surface area contributed by atoms with Crippen LogP contribution in [0.25, 0.3) is 17.0 Å². The minimum atomic E-state index is -0.284. The van der Waals surface area contributed by atoms with Crippen molar-refractivity contribution in [2.24, 2.45) is 5.92 Å². The van der Waals surface area contributed by atoms with Crippen molar-refractivity contribution in [2.45, 2.75) is 31.3 Å². The first kappa shape index (κ1) is 16.8. The number of nitrogens with zero attached hydrogens (tertiary/aromatic N) is 3. The van der Waals surface area contributed by atoms with Crippen LogP contribution in [-0.2, 0) is 11.2 Å². The van der Waals surface area contributed by atoms with E-state index in [4.69, 9.17) is 9.72 Å². The predicted octanol–water partition coefficient (Wildman–Crippen LogP) is 3.24. The van der Waals surface area contributed by atoms with E-state index in [1.807, 2.05) is 12.1 Å². The number of rotatable bonds is 3. The van der Waals surface area contributed by atoms with E-state index in [2.05, 4.69) is 16.4 Å². The maximum absolute atomic E-state index is 13.6. The molecular formula is C21H23FN4O. The number of aromatic nitrogens is 3. The second-order valence-electron chi connectivity index (χ2n) is 7.75. The van der Waals surface area contributed by atoms with Gasteiger partial charge in [-0.05, 0) is 69.0 Å². The zero-order valence-corrected chi connectivity index (χ0v) is 15.2. The van der Waals surface area contributed by atoms with Gasteiger partial charge in [0.2, 0.25) is 0 Å². The number of ether oxygens (including phenoxy) is 1. The molecule has 3 aromatic heterocycles. The molecule has 0 saturated carbocycles. The minimum Gasteiger partial charge on any atom is -0.375 e. The van der Waals surface area contributed by atoms with E-state index < -0.39 is 0 Å². The van der Waals surface area contributed by atoms with Gasteiger partial charge in [-0.15, -0.1) is 0 Å². The summed E-state index contributed by atoms with van der Waals surface area (Å²) in [6, 6.07) is 9.15. The molecule has 6 heteroatoms. The van der Waals surface area contributed by atoms with Gasteiger partial charge >= 0.3 is 0 Å². The molecule has 2 aliphatic rings. The van der Waals surface area contributed by atoms with Crippen molar-refractivity contribution in [1.82, 2.24) is 19.7 Å². The highest BCUT2D eigenvalue weighted by molar-refractivity contribution is 5.60. The molecule has 27 heavy (non-hydrogen) atoms. The van der Waals surface area contributed by atoms with Crippen molar-refractivity contribution in [2.75, 3.05) is 19.7 Å². The molecule has 0 amide bonds. The van der Waals surface area contributed by atoms with Gasteiger partial charge in [0, 0.05) is 11.9 Å². The van der Waals surface area contributed by atoms with Gasteiger partial charge in [-0.25, -0.2) is 9.37 Å². The minimum absolute atomic E-state index is 0.0761. The van der Waals surface area contributed by atoms with E-state index in [0.29, 0.717) is 5.92 Å². The Morgan fingerprint density at radius 2 is 2.11 bits per heavy atom. The van der Waals surface area contributed by atoms with Gasteiger partial charge in [0.15, 0.2) is 0 Å². The Morgan fingerprint density at radius 3 is 3.00 bits per heavy atom. The van der Waals surface area contributed by atoms with Crippen molar-refractivity contribution >= 4 is 5.65 Å². The molecule has 1 N–H and O–H groups in total. The van der Waals surface area contributed by atoms with Crippen molar-refractivity contribution in [3.8, 4) is 11.4 Å². The maximum atomic E-state index is 13.6. The zero-order chi connectivity index (χ0) is 18.3. The zero-order valence-electron chi connectivity index (χ0n) is 15.2. The Labute approximate surface area is 157 Å². The van der Waals surface area contributed by atoms with Crippen LogP contribution in [0.4, 0.5) is 4.39 Å². The molecule has 0 aromatic carbocycles. The standard InChI is InChI=1S/C21H23FN4O/c22-16-4-5-20-24-12-19(26(20)13-16)18-3-1-2-17(25-18)10-15-11-21(27-14-15)6-8-23-9-7-21/h1-5,12-13,15,23H,6-11,14H2/t15-/m0/s1. The average Bonchev–Trinajstić information content (AvgIpc) is 3.27. The first-order valence-corrected chi connectivity index (χ1v) is 9.64. The van der Waals surface area contributed by atoms with Crippen LogP contribution in [0.15, 0.2) is 42.7 Å². The van der Waals surface area contributed by atoms with Gasteiger partial charge < -0.3 is 10.1 Å². The van der Waals surface area contributed by atoms with E-state index >= 15 is 0 Å². The molecule has 0 unspecified atom stereocenters. The number of pyridine rings is 2. The monoisotopic (exact) mass is 366 g/mol. The van der Waals surface area contributed by atoms with Crippen molar-refractivity contribution in [3.05, 3.63) is 54.2 Å². The van der Waals surface area contributed by atoms with E-state index in [0.717, 1.165) is 68.1 Å². The summed E-state index contributed by atoms with van der Waals surface area (Å²) in [5.41, 5.74) is 3.48. The molecule has 140 valence electrons. The number of halogens is 1. The summed E-state index contributed by atoms with van der Waals surface area (Å²) >= 11 is 0. The van der Waals surface area contributed by atoms with Crippen LogP contribution in [0.3, 0.4) is 0 Å². The molecule has 0 radical (unpaired) electrons. The summed E-state index contributed by atoms with van der Waals surface area (Å²) < 4.78 is 21.6. The summed E-state index contributed by atoms with van der Waals surface area (Å²) in [6.45, 7) is 2.91. The number of hydrogen-bond acceptors (Lipinski definition) is 4. The molecule has 1 atom stereocenters. The smallest absolute Gasteiger partial charge is 0.139 e. The Hall–Kier alpha value is -2.31. The average molecular weight is 366 g/mol. The number of piperidine rings is 1. The van der Waals surface area contributed by atoms with Gasteiger partial charge in [0.1, 0.15) is 11.5 Å². The highest BCUT2D eigenvalue weighted by Gasteiger charge is 2.41. The lowest BCUT2D eigenvalue weighted by Gasteiger charge is -2.33. The van der Waals surface area contributed by atoms with Gasteiger partial charge in [-0.2, -0.15) is 0 Å². The fraction of sp³-hybridized carbons (Fsp3) is 0.429. The summed E-state index contributed by atoms with van der Waals surface area (Å²) in [6.07, 6.45) is 7.44. The normalized spacial score (nSPS) is 21.9. The van der Waals surface area contributed by atoms with Crippen LogP contribution in [-0.4, -0.2) is 39.7 Å². The van der Waals surface area contributed by atoms with Gasteiger partial charge in [0.05, 0.1) is 29.8 Å². The highest BCUT2D eigenvalue weighted by atomic mass is 19.1. The second kappa shape index (κ2) is 6.69. The first-order valence-electron chi connectivity index (χ1n) is 9.64. The third kappa shape index (κ3) is 3.24. The van der Waals surface area contributed by atoms with E-state index in [9.17, 15) is 4.39 Å². The maximum Gasteiger partial charge on any atom is 0.139 e. The molecular weight excluding hydrogens is 343 g/mol. The fourth-order valence-electron chi connectivity index (χ4n) is 4.48. The molecule has 5 rings (SSSR count). The molecule has 3 aromatic rings. The number of nitrogens with one attached hydrogen (secondary N) is 1. The van der Waals surface area contributed by atoms with Crippen LogP contribution >= 0.6 is 0 Å². The summed E-state index contributed by atoms with van der Waals surface area (Å²) in [4.78, 5) is 9.20. The number of fused-ring (bicyclic) bond motifs is 1. The van der Waals surface area contributed by atoms with Gasteiger partial charge in [-0.3, -0.25) is 9.38 Å². The third-order valence-electron chi connectivity index (χ3n) is 5.84. The molecule has 5 nitrogen and oxygen atoms in total. The number of hydrogen-bond donors (Lipinski definition) is 1. The fourth-order valence-corrected chi connectivity index (χ4v) is 4.48. The molecule has 2 aliphatic heterocycles. The Kier molecular flexibility index (Phi) is 4.17. The van der Waals surface area contributed by atoms with Crippen LogP contribution in [0, 0.1) is 11.7 Å². The quantitative estimate of drug-likeness (QED) is 0.773. The topological polar surface area (TPSA) is 51.5 Å². The van der Waals surface area contributed by atoms with Crippen LogP contribution in [0.1, 0.15) is 25.0 Å². The largest absolute Gasteiger partial charge is 0.375 e. The van der Waals surface area contributed by atoms with Crippen molar-refractivity contribution in [1.29, 1.82) is 0 Å².